The van der Waals surface area contributed by atoms with Crippen LogP contribution in [0.4, 0.5) is 4.39 Å². The van der Waals surface area contributed by atoms with E-state index in [0.717, 1.165) is 10.9 Å². The first-order chi connectivity index (χ1) is 13.5. The van der Waals surface area contributed by atoms with Gasteiger partial charge in [-0.1, -0.05) is 22.8 Å². The summed E-state index contributed by atoms with van der Waals surface area (Å²) in [5.74, 6) is -0.591. The Morgan fingerprint density at radius 2 is 2.07 bits per heavy atom. The Hall–Kier alpha value is -3.23. The lowest BCUT2D eigenvalue weighted by molar-refractivity contribution is 0.0901. The number of hydrogen-bond donors (Lipinski definition) is 3. The molecule has 1 unspecified atom stereocenters. The van der Waals surface area contributed by atoms with Crippen LogP contribution in [-0.4, -0.2) is 32.7 Å². The first-order valence-corrected chi connectivity index (χ1v) is 8.71. The molecule has 0 saturated carbocycles. The first-order valence-electron chi connectivity index (χ1n) is 8.33. The lowest BCUT2D eigenvalue weighted by Gasteiger charge is -2.12. The highest BCUT2D eigenvalue weighted by Crippen LogP contribution is 2.29. The molecular formula is C19H14ClFN4O3. The quantitative estimate of drug-likeness (QED) is 0.476. The molecule has 0 fully saturated rings. The van der Waals surface area contributed by atoms with E-state index in [4.69, 9.17) is 16.1 Å². The molecule has 9 heteroatoms. The van der Waals surface area contributed by atoms with Gasteiger partial charge < -0.3 is 19.9 Å². The molecular weight excluding hydrogens is 387 g/mol. The molecule has 4 rings (SSSR count). The summed E-state index contributed by atoms with van der Waals surface area (Å²) in [5, 5.41) is 17.6. The van der Waals surface area contributed by atoms with Crippen molar-refractivity contribution in [3.63, 3.8) is 0 Å². The van der Waals surface area contributed by atoms with Gasteiger partial charge in [-0.25, -0.2) is 4.39 Å². The van der Waals surface area contributed by atoms with E-state index in [9.17, 15) is 14.3 Å². The third-order valence-corrected chi connectivity index (χ3v) is 4.45. The van der Waals surface area contributed by atoms with Crippen molar-refractivity contribution in [2.24, 2.45) is 0 Å². The van der Waals surface area contributed by atoms with Crippen LogP contribution in [0.3, 0.4) is 0 Å². The third kappa shape index (κ3) is 3.47. The van der Waals surface area contributed by atoms with Gasteiger partial charge in [0.25, 0.3) is 11.8 Å². The lowest BCUT2D eigenvalue weighted by atomic mass is 10.1. The maximum Gasteiger partial charge on any atom is 0.251 e. The Kier molecular flexibility index (Phi) is 4.81. The number of aromatic amines is 1. The number of benzene rings is 2. The van der Waals surface area contributed by atoms with Gasteiger partial charge >= 0.3 is 0 Å². The number of H-pyrrole nitrogens is 1. The Labute approximate surface area is 163 Å². The average Bonchev–Trinajstić information content (AvgIpc) is 3.33. The van der Waals surface area contributed by atoms with Crippen LogP contribution in [0.1, 0.15) is 22.3 Å². The fourth-order valence-corrected chi connectivity index (χ4v) is 2.97. The van der Waals surface area contributed by atoms with Crippen LogP contribution >= 0.6 is 11.6 Å². The molecule has 28 heavy (non-hydrogen) atoms. The average molecular weight is 401 g/mol. The second-order valence-electron chi connectivity index (χ2n) is 6.06. The largest absolute Gasteiger partial charge is 0.394 e. The molecule has 2 aromatic heterocycles. The van der Waals surface area contributed by atoms with Gasteiger partial charge in [0.1, 0.15) is 11.9 Å². The number of aliphatic hydroxyl groups is 1. The maximum absolute atomic E-state index is 13.0. The molecule has 0 aliphatic carbocycles. The monoisotopic (exact) mass is 400 g/mol. The molecule has 1 atom stereocenters. The molecule has 4 aromatic rings. The maximum atomic E-state index is 13.0. The van der Waals surface area contributed by atoms with Gasteiger partial charge in [0.05, 0.1) is 6.61 Å². The zero-order valence-corrected chi connectivity index (χ0v) is 15.1. The summed E-state index contributed by atoms with van der Waals surface area (Å²) in [4.78, 5) is 19.7. The molecule has 2 heterocycles. The molecule has 1 amide bonds. The topological polar surface area (TPSA) is 104 Å². The second-order valence-corrected chi connectivity index (χ2v) is 6.50. The first kappa shape index (κ1) is 18.1. The van der Waals surface area contributed by atoms with Crippen molar-refractivity contribution < 1.29 is 18.8 Å². The predicted octanol–water partition coefficient (Wildman–Crippen LogP) is 3.47. The van der Waals surface area contributed by atoms with Crippen molar-refractivity contribution in [2.75, 3.05) is 6.61 Å². The molecule has 0 spiro atoms. The van der Waals surface area contributed by atoms with Gasteiger partial charge in [0, 0.05) is 33.2 Å². The number of nitrogens with zero attached hydrogens (tertiary/aromatic N) is 2. The molecule has 0 saturated heterocycles. The summed E-state index contributed by atoms with van der Waals surface area (Å²) in [6.07, 6.45) is 1.72. The fraction of sp³-hybridized carbons (Fsp3) is 0.105. The number of carbonyl (C=O) groups excluding carboxylic acids is 1. The van der Waals surface area contributed by atoms with Crippen LogP contribution in [0.5, 0.6) is 0 Å². The highest BCUT2D eigenvalue weighted by atomic mass is 35.5. The molecule has 0 radical (unpaired) electrons. The van der Waals surface area contributed by atoms with Crippen LogP contribution in [0, 0.1) is 5.82 Å². The normalized spacial score (nSPS) is 12.2. The molecule has 2 aromatic carbocycles. The van der Waals surface area contributed by atoms with Gasteiger partial charge in [-0.15, -0.1) is 0 Å². The standard InChI is InChI=1S/C19H14ClFN4O3/c20-11-3-6-13-14(8-22-15(13)7-11)17-24-19(28-25-17)16(9-26)23-18(27)10-1-4-12(21)5-2-10/h1-8,16,22,26H,9H2,(H,23,27). The molecule has 7 nitrogen and oxygen atoms in total. The van der Waals surface area contributed by atoms with Crippen molar-refractivity contribution >= 4 is 28.4 Å². The summed E-state index contributed by atoms with van der Waals surface area (Å²) < 4.78 is 18.2. The van der Waals surface area contributed by atoms with E-state index in [-0.39, 0.29) is 11.5 Å². The zero-order chi connectivity index (χ0) is 19.7. The Morgan fingerprint density at radius 3 is 2.82 bits per heavy atom. The van der Waals surface area contributed by atoms with Crippen molar-refractivity contribution in [3.8, 4) is 11.4 Å². The number of aromatic nitrogens is 3. The van der Waals surface area contributed by atoms with E-state index < -0.39 is 24.4 Å². The SMILES string of the molecule is O=C(NC(CO)c1nc(-c2c[nH]c3cc(Cl)ccc23)no1)c1ccc(F)cc1. The summed E-state index contributed by atoms with van der Waals surface area (Å²) in [7, 11) is 0. The third-order valence-electron chi connectivity index (χ3n) is 4.22. The summed E-state index contributed by atoms with van der Waals surface area (Å²) >= 11 is 5.99. The number of amides is 1. The number of fused-ring (bicyclic) bond motifs is 1. The lowest BCUT2D eigenvalue weighted by Crippen LogP contribution is -2.31. The van der Waals surface area contributed by atoms with Crippen molar-refractivity contribution in [1.82, 2.24) is 20.4 Å². The van der Waals surface area contributed by atoms with Gasteiger partial charge in [0.2, 0.25) is 5.82 Å². The number of halogens is 2. The molecule has 142 valence electrons. The van der Waals surface area contributed by atoms with E-state index in [2.05, 4.69) is 20.4 Å². The van der Waals surface area contributed by atoms with Crippen LogP contribution in [0.2, 0.25) is 5.02 Å². The number of rotatable bonds is 5. The number of nitrogens with one attached hydrogen (secondary N) is 2. The Bertz CT molecular complexity index is 1140. The van der Waals surface area contributed by atoms with Crippen LogP contribution in [0.25, 0.3) is 22.3 Å². The highest BCUT2D eigenvalue weighted by Gasteiger charge is 2.22. The van der Waals surface area contributed by atoms with Crippen molar-refractivity contribution in [1.29, 1.82) is 0 Å². The van der Waals surface area contributed by atoms with Crippen LogP contribution in [0.15, 0.2) is 53.2 Å². The Morgan fingerprint density at radius 1 is 1.29 bits per heavy atom. The van der Waals surface area contributed by atoms with Gasteiger partial charge in [-0.3, -0.25) is 4.79 Å². The molecule has 0 bridgehead atoms. The van der Waals surface area contributed by atoms with E-state index in [0.29, 0.717) is 16.4 Å². The number of carbonyl (C=O) groups is 1. The number of hydrogen-bond acceptors (Lipinski definition) is 5. The zero-order valence-electron chi connectivity index (χ0n) is 14.3. The molecule has 0 aliphatic rings. The fourth-order valence-electron chi connectivity index (χ4n) is 2.80. The van der Waals surface area contributed by atoms with E-state index in [1.165, 1.54) is 24.3 Å². The summed E-state index contributed by atoms with van der Waals surface area (Å²) in [6.45, 7) is -0.446. The minimum absolute atomic E-state index is 0.0521. The van der Waals surface area contributed by atoms with Crippen molar-refractivity contribution in [3.05, 3.63) is 71.0 Å². The van der Waals surface area contributed by atoms with E-state index >= 15 is 0 Å². The van der Waals surface area contributed by atoms with Gasteiger partial charge in [0.15, 0.2) is 0 Å². The van der Waals surface area contributed by atoms with Crippen LogP contribution in [-0.2, 0) is 0 Å². The van der Waals surface area contributed by atoms with Crippen LogP contribution < -0.4 is 5.32 Å². The van der Waals surface area contributed by atoms with Gasteiger partial charge in [-0.2, -0.15) is 4.98 Å². The smallest absolute Gasteiger partial charge is 0.251 e. The van der Waals surface area contributed by atoms with Gasteiger partial charge in [-0.05, 0) is 36.4 Å². The Balaban J connectivity index is 1.57. The van der Waals surface area contributed by atoms with E-state index in [1.54, 1.807) is 18.3 Å². The minimum Gasteiger partial charge on any atom is -0.394 e. The van der Waals surface area contributed by atoms with E-state index in [1.807, 2.05) is 6.07 Å². The predicted molar refractivity (Wildman–Crippen MR) is 100 cm³/mol. The summed E-state index contributed by atoms with van der Waals surface area (Å²) in [5.41, 5.74) is 1.76. The highest BCUT2D eigenvalue weighted by molar-refractivity contribution is 6.31. The summed E-state index contributed by atoms with van der Waals surface area (Å²) in [6, 6.07) is 9.50. The number of aliphatic hydroxyl groups excluding tert-OH is 1. The molecule has 0 aliphatic heterocycles. The minimum atomic E-state index is -0.904. The molecule has 3 N–H and O–H groups in total. The second kappa shape index (κ2) is 7.41. The van der Waals surface area contributed by atoms with Crippen molar-refractivity contribution in [2.45, 2.75) is 6.04 Å².